The predicted molar refractivity (Wildman–Crippen MR) is 139 cm³/mol. The summed E-state index contributed by atoms with van der Waals surface area (Å²) in [7, 11) is 0. The Morgan fingerprint density at radius 2 is 1.84 bits per heavy atom. The van der Waals surface area contributed by atoms with Gasteiger partial charge in [0.2, 0.25) is 5.88 Å². The van der Waals surface area contributed by atoms with Gasteiger partial charge in [0.25, 0.3) is 5.56 Å². The first-order valence-electron chi connectivity index (χ1n) is 11.5. The SMILES string of the molecule is CC(C)(C)OC(=O)N(CCOc1nc(Cl)cc2c1c(=O)[nH]c(=O)n2-c1ccccc1)Cc1ccccn1. The Kier molecular flexibility index (Phi) is 7.58. The van der Waals surface area contributed by atoms with Gasteiger partial charge >= 0.3 is 11.8 Å². The number of hydrogen-bond donors (Lipinski definition) is 1. The molecule has 10 nitrogen and oxygen atoms in total. The van der Waals surface area contributed by atoms with E-state index in [9.17, 15) is 14.4 Å². The monoisotopic (exact) mass is 523 g/mol. The number of carbonyl (C=O) groups is 1. The maximum atomic E-state index is 12.9. The molecule has 1 aromatic carbocycles. The summed E-state index contributed by atoms with van der Waals surface area (Å²) in [6, 6.07) is 15.6. The largest absolute Gasteiger partial charge is 0.475 e. The van der Waals surface area contributed by atoms with Crippen LogP contribution in [0.1, 0.15) is 26.5 Å². The average Bonchev–Trinajstić information content (AvgIpc) is 2.83. The molecule has 0 atom stereocenters. The Morgan fingerprint density at radius 1 is 1.11 bits per heavy atom. The molecule has 1 N–H and O–H groups in total. The number of rotatable bonds is 7. The summed E-state index contributed by atoms with van der Waals surface area (Å²) < 4.78 is 12.7. The van der Waals surface area contributed by atoms with Crippen LogP contribution in [-0.4, -0.2) is 49.3 Å². The quantitative estimate of drug-likeness (QED) is 0.364. The number of aromatic nitrogens is 4. The molecule has 0 aliphatic heterocycles. The molecule has 0 saturated heterocycles. The second-order valence-electron chi connectivity index (χ2n) is 9.15. The van der Waals surface area contributed by atoms with E-state index in [0.717, 1.165) is 0 Å². The molecule has 4 aromatic rings. The number of pyridine rings is 2. The highest BCUT2D eigenvalue weighted by Gasteiger charge is 2.23. The number of nitrogens with zero attached hydrogens (tertiary/aromatic N) is 4. The molecule has 0 bridgehead atoms. The predicted octanol–water partition coefficient (Wildman–Crippen LogP) is 3.94. The summed E-state index contributed by atoms with van der Waals surface area (Å²) in [6.45, 7) is 5.61. The number of benzene rings is 1. The second-order valence-corrected chi connectivity index (χ2v) is 9.53. The van der Waals surface area contributed by atoms with E-state index in [1.165, 1.54) is 15.5 Å². The van der Waals surface area contributed by atoms with Crippen LogP contribution in [0.2, 0.25) is 5.15 Å². The van der Waals surface area contributed by atoms with E-state index in [2.05, 4.69) is 15.0 Å². The van der Waals surface area contributed by atoms with E-state index in [1.54, 1.807) is 63.4 Å². The smallest absolute Gasteiger partial charge is 0.410 e. The number of aromatic amines is 1. The third-order valence-electron chi connectivity index (χ3n) is 5.17. The minimum absolute atomic E-state index is 0.0293. The van der Waals surface area contributed by atoms with Gasteiger partial charge in [0.1, 0.15) is 22.7 Å². The van der Waals surface area contributed by atoms with Gasteiger partial charge in [-0.1, -0.05) is 35.9 Å². The van der Waals surface area contributed by atoms with Crippen LogP contribution in [0.3, 0.4) is 0 Å². The van der Waals surface area contributed by atoms with Crippen LogP contribution < -0.4 is 16.0 Å². The minimum Gasteiger partial charge on any atom is -0.475 e. The number of carbonyl (C=O) groups excluding carboxylic acids is 1. The van der Waals surface area contributed by atoms with Crippen LogP contribution in [0.15, 0.2) is 70.4 Å². The van der Waals surface area contributed by atoms with Gasteiger partial charge in [-0.3, -0.25) is 24.2 Å². The fourth-order valence-electron chi connectivity index (χ4n) is 3.63. The molecule has 0 saturated carbocycles. The zero-order valence-electron chi connectivity index (χ0n) is 20.6. The Labute approximate surface area is 217 Å². The third kappa shape index (κ3) is 6.34. The van der Waals surface area contributed by atoms with Crippen molar-refractivity contribution in [2.75, 3.05) is 13.2 Å². The molecule has 0 radical (unpaired) electrons. The Hall–Kier alpha value is -4.18. The molecule has 0 fully saturated rings. The number of fused-ring (bicyclic) bond motifs is 1. The van der Waals surface area contributed by atoms with Crippen molar-refractivity contribution < 1.29 is 14.3 Å². The van der Waals surface area contributed by atoms with Crippen LogP contribution >= 0.6 is 11.6 Å². The number of amides is 1. The van der Waals surface area contributed by atoms with Crippen molar-refractivity contribution >= 4 is 28.6 Å². The maximum absolute atomic E-state index is 12.9. The summed E-state index contributed by atoms with van der Waals surface area (Å²) in [5, 5.41) is 0.0936. The third-order valence-corrected chi connectivity index (χ3v) is 5.36. The van der Waals surface area contributed by atoms with Crippen molar-refractivity contribution in [2.24, 2.45) is 0 Å². The molecule has 1 amide bonds. The van der Waals surface area contributed by atoms with Gasteiger partial charge in [-0.25, -0.2) is 14.6 Å². The van der Waals surface area contributed by atoms with E-state index in [0.29, 0.717) is 11.4 Å². The van der Waals surface area contributed by atoms with Crippen LogP contribution in [0.4, 0.5) is 4.79 Å². The highest BCUT2D eigenvalue weighted by Crippen LogP contribution is 2.25. The first kappa shape index (κ1) is 25.9. The Bertz CT molecular complexity index is 1510. The van der Waals surface area contributed by atoms with Gasteiger partial charge < -0.3 is 9.47 Å². The number of hydrogen-bond acceptors (Lipinski definition) is 7. The zero-order valence-corrected chi connectivity index (χ0v) is 21.4. The van der Waals surface area contributed by atoms with E-state index in [-0.39, 0.29) is 41.6 Å². The number of halogens is 1. The van der Waals surface area contributed by atoms with Gasteiger partial charge in [-0.05, 0) is 45.0 Å². The molecule has 0 unspecified atom stereocenters. The minimum atomic E-state index is -0.695. The molecule has 3 aromatic heterocycles. The van der Waals surface area contributed by atoms with Crippen LogP contribution in [-0.2, 0) is 11.3 Å². The van der Waals surface area contributed by atoms with Crippen molar-refractivity contribution in [1.29, 1.82) is 0 Å². The van der Waals surface area contributed by atoms with E-state index in [1.807, 2.05) is 12.1 Å². The van der Waals surface area contributed by atoms with Crippen LogP contribution in [0.5, 0.6) is 5.88 Å². The Balaban J connectivity index is 1.64. The molecule has 0 spiro atoms. The molecule has 0 aliphatic carbocycles. The zero-order chi connectivity index (χ0) is 26.6. The standard InChI is InChI=1S/C26H26ClN5O5/c1-26(2,3)37-25(35)31(16-17-9-7-8-12-28-17)13-14-36-23-21-19(15-20(27)29-23)32(24(34)30-22(21)33)18-10-5-4-6-11-18/h4-12,15H,13-14,16H2,1-3H3,(H,30,33,34). The average molecular weight is 524 g/mol. The van der Waals surface area contributed by atoms with Crippen molar-refractivity contribution in [1.82, 2.24) is 24.4 Å². The van der Waals surface area contributed by atoms with E-state index in [4.69, 9.17) is 21.1 Å². The highest BCUT2D eigenvalue weighted by atomic mass is 35.5. The number of nitrogens with one attached hydrogen (secondary N) is 1. The summed E-state index contributed by atoms with van der Waals surface area (Å²) >= 11 is 6.25. The van der Waals surface area contributed by atoms with Gasteiger partial charge in [0.05, 0.1) is 30.0 Å². The summed E-state index contributed by atoms with van der Waals surface area (Å²) in [4.78, 5) is 50.5. The molecular formula is C26H26ClN5O5. The van der Waals surface area contributed by atoms with Crippen molar-refractivity contribution in [2.45, 2.75) is 32.9 Å². The fraction of sp³-hybridized carbons (Fsp3) is 0.269. The molecule has 192 valence electrons. The molecule has 0 aliphatic rings. The lowest BCUT2D eigenvalue weighted by Gasteiger charge is -2.27. The number of ether oxygens (including phenoxy) is 2. The number of para-hydroxylation sites is 1. The lowest BCUT2D eigenvalue weighted by molar-refractivity contribution is 0.0206. The van der Waals surface area contributed by atoms with Crippen molar-refractivity contribution in [3.05, 3.63) is 92.5 Å². The van der Waals surface area contributed by atoms with Crippen LogP contribution in [0, 0.1) is 0 Å². The molecule has 37 heavy (non-hydrogen) atoms. The highest BCUT2D eigenvalue weighted by molar-refractivity contribution is 6.30. The molecule has 4 rings (SSSR count). The lowest BCUT2D eigenvalue weighted by Crippen LogP contribution is -2.39. The van der Waals surface area contributed by atoms with Gasteiger partial charge in [-0.2, -0.15) is 0 Å². The van der Waals surface area contributed by atoms with Gasteiger partial charge in [-0.15, -0.1) is 0 Å². The topological polar surface area (TPSA) is 119 Å². The van der Waals surface area contributed by atoms with Crippen molar-refractivity contribution in [3.8, 4) is 11.6 Å². The van der Waals surface area contributed by atoms with E-state index >= 15 is 0 Å². The first-order valence-corrected chi connectivity index (χ1v) is 11.9. The Morgan fingerprint density at radius 3 is 2.51 bits per heavy atom. The van der Waals surface area contributed by atoms with E-state index < -0.39 is 22.9 Å². The first-order chi connectivity index (χ1) is 17.6. The normalized spacial score (nSPS) is 11.4. The summed E-state index contributed by atoms with van der Waals surface area (Å²) in [6.07, 6.45) is 1.10. The van der Waals surface area contributed by atoms with Gasteiger partial charge in [0.15, 0.2) is 0 Å². The van der Waals surface area contributed by atoms with Crippen LogP contribution in [0.25, 0.3) is 16.6 Å². The lowest BCUT2D eigenvalue weighted by atomic mass is 10.2. The molecule has 11 heteroatoms. The van der Waals surface area contributed by atoms with Crippen molar-refractivity contribution in [3.63, 3.8) is 0 Å². The fourth-order valence-corrected chi connectivity index (χ4v) is 3.81. The maximum Gasteiger partial charge on any atom is 0.410 e. The second kappa shape index (κ2) is 10.8. The number of H-pyrrole nitrogens is 1. The summed E-state index contributed by atoms with van der Waals surface area (Å²) in [5.74, 6) is -0.0598. The summed E-state index contributed by atoms with van der Waals surface area (Å²) in [5.41, 5.74) is -0.532. The molecular weight excluding hydrogens is 498 g/mol. The van der Waals surface area contributed by atoms with Gasteiger partial charge in [0, 0.05) is 12.3 Å². The molecule has 3 heterocycles.